The number of carbonyl (C=O) groups is 1. The monoisotopic (exact) mass is 386 g/mol. The van der Waals surface area contributed by atoms with E-state index in [1.54, 1.807) is 12.3 Å². The predicted molar refractivity (Wildman–Crippen MR) is 116 cm³/mol. The molecule has 0 saturated heterocycles. The summed E-state index contributed by atoms with van der Waals surface area (Å²) in [7, 11) is 0. The van der Waals surface area contributed by atoms with Crippen LogP contribution in [0, 0.1) is 0 Å². The van der Waals surface area contributed by atoms with E-state index in [1.165, 1.54) is 11.1 Å². The third-order valence-electron chi connectivity index (χ3n) is 4.75. The molecule has 0 aliphatic carbocycles. The lowest BCUT2D eigenvalue weighted by atomic mass is 10.0. The normalized spacial score (nSPS) is 10.8. The number of aldehydes is 1. The number of aromatic nitrogens is 1. The quantitative estimate of drug-likeness (QED) is 0.399. The summed E-state index contributed by atoms with van der Waals surface area (Å²) in [6.07, 6.45) is 4.39. The predicted octanol–water partition coefficient (Wildman–Crippen LogP) is 6.23. The Bertz CT molecular complexity index is 1110. The summed E-state index contributed by atoms with van der Waals surface area (Å²) in [4.78, 5) is 15.8. The van der Waals surface area contributed by atoms with Crippen molar-refractivity contribution in [2.75, 3.05) is 5.32 Å². The van der Waals surface area contributed by atoms with Gasteiger partial charge in [-0.05, 0) is 54.3 Å². The number of carbonyl (C=O) groups excluding carboxylic acids is 1. The molecule has 0 aliphatic rings. The molecule has 138 valence electrons. The number of anilines is 2. The van der Waals surface area contributed by atoms with Gasteiger partial charge in [-0.2, -0.15) is 0 Å². The molecule has 1 aromatic heterocycles. The molecule has 0 amide bonds. The molecule has 0 aliphatic heterocycles. The summed E-state index contributed by atoms with van der Waals surface area (Å²) in [5.41, 5.74) is 5.53. The highest BCUT2D eigenvalue weighted by atomic mass is 35.5. The SMILES string of the molecule is O=Cc1cnc2ccc(Cl)cc2c1Nc1ccc(CCc2ccccc2)cc1. The summed E-state index contributed by atoms with van der Waals surface area (Å²) in [5.74, 6) is 0. The molecular formula is C24H19ClN2O. The van der Waals surface area contributed by atoms with E-state index in [-0.39, 0.29) is 0 Å². The molecule has 4 rings (SSSR count). The van der Waals surface area contributed by atoms with Crippen LogP contribution in [0.15, 0.2) is 79.0 Å². The second-order valence-electron chi connectivity index (χ2n) is 6.68. The molecule has 4 heteroatoms. The van der Waals surface area contributed by atoms with Gasteiger partial charge in [0.05, 0.1) is 16.8 Å². The Morgan fingerprint density at radius 2 is 1.61 bits per heavy atom. The van der Waals surface area contributed by atoms with Crippen molar-refractivity contribution >= 4 is 40.2 Å². The van der Waals surface area contributed by atoms with Gasteiger partial charge in [0, 0.05) is 22.3 Å². The van der Waals surface area contributed by atoms with Crippen LogP contribution in [-0.4, -0.2) is 11.3 Å². The van der Waals surface area contributed by atoms with E-state index >= 15 is 0 Å². The first-order valence-electron chi connectivity index (χ1n) is 9.16. The second kappa shape index (κ2) is 8.24. The van der Waals surface area contributed by atoms with Crippen LogP contribution in [0.25, 0.3) is 10.9 Å². The maximum Gasteiger partial charge on any atom is 0.153 e. The highest BCUT2D eigenvalue weighted by Gasteiger charge is 2.10. The molecule has 0 spiro atoms. The fourth-order valence-electron chi connectivity index (χ4n) is 3.24. The Kier molecular flexibility index (Phi) is 5.36. The van der Waals surface area contributed by atoms with E-state index in [1.807, 2.05) is 30.3 Å². The summed E-state index contributed by atoms with van der Waals surface area (Å²) >= 11 is 6.15. The lowest BCUT2D eigenvalue weighted by Crippen LogP contribution is -1.99. The van der Waals surface area contributed by atoms with Crippen LogP contribution in [-0.2, 0) is 12.8 Å². The van der Waals surface area contributed by atoms with E-state index < -0.39 is 0 Å². The molecule has 28 heavy (non-hydrogen) atoms. The number of nitrogens with zero attached hydrogens (tertiary/aromatic N) is 1. The topological polar surface area (TPSA) is 42.0 Å². The number of hydrogen-bond acceptors (Lipinski definition) is 3. The van der Waals surface area contributed by atoms with Crippen LogP contribution in [0.2, 0.25) is 5.02 Å². The largest absolute Gasteiger partial charge is 0.354 e. The fraction of sp³-hybridized carbons (Fsp3) is 0.0833. The lowest BCUT2D eigenvalue weighted by molar-refractivity contribution is 0.112. The summed E-state index contributed by atoms with van der Waals surface area (Å²) in [5, 5.41) is 4.80. The molecule has 0 radical (unpaired) electrons. The smallest absolute Gasteiger partial charge is 0.153 e. The average Bonchev–Trinajstić information content (AvgIpc) is 2.74. The van der Waals surface area contributed by atoms with Crippen molar-refractivity contribution in [3.05, 3.63) is 101 Å². The van der Waals surface area contributed by atoms with Gasteiger partial charge in [-0.3, -0.25) is 9.78 Å². The molecule has 0 saturated carbocycles. The number of benzene rings is 3. The van der Waals surface area contributed by atoms with Crippen LogP contribution in [0.1, 0.15) is 21.5 Å². The first-order valence-corrected chi connectivity index (χ1v) is 9.54. The van der Waals surface area contributed by atoms with Crippen molar-refractivity contribution in [3.63, 3.8) is 0 Å². The Hall–Kier alpha value is -3.17. The van der Waals surface area contributed by atoms with E-state index in [0.717, 1.165) is 41.4 Å². The van der Waals surface area contributed by atoms with Crippen LogP contribution < -0.4 is 5.32 Å². The minimum absolute atomic E-state index is 0.503. The molecule has 0 unspecified atom stereocenters. The van der Waals surface area contributed by atoms with Crippen molar-refractivity contribution in [1.29, 1.82) is 0 Å². The third kappa shape index (κ3) is 4.05. The maximum absolute atomic E-state index is 11.5. The van der Waals surface area contributed by atoms with E-state index in [9.17, 15) is 4.79 Å². The van der Waals surface area contributed by atoms with Gasteiger partial charge in [-0.15, -0.1) is 0 Å². The fourth-order valence-corrected chi connectivity index (χ4v) is 3.41. The van der Waals surface area contributed by atoms with E-state index in [4.69, 9.17) is 11.6 Å². The molecule has 0 bridgehead atoms. The van der Waals surface area contributed by atoms with Gasteiger partial charge < -0.3 is 5.32 Å². The van der Waals surface area contributed by atoms with Crippen LogP contribution in [0.4, 0.5) is 11.4 Å². The third-order valence-corrected chi connectivity index (χ3v) is 4.99. The van der Waals surface area contributed by atoms with Gasteiger partial charge in [0.25, 0.3) is 0 Å². The highest BCUT2D eigenvalue weighted by Crippen LogP contribution is 2.30. The second-order valence-corrected chi connectivity index (χ2v) is 7.11. The lowest BCUT2D eigenvalue weighted by Gasteiger charge is -2.13. The minimum atomic E-state index is 0.503. The van der Waals surface area contributed by atoms with Crippen LogP contribution in [0.5, 0.6) is 0 Å². The zero-order chi connectivity index (χ0) is 19.3. The van der Waals surface area contributed by atoms with Crippen molar-refractivity contribution < 1.29 is 4.79 Å². The molecule has 1 N–H and O–H groups in total. The zero-order valence-electron chi connectivity index (χ0n) is 15.2. The van der Waals surface area contributed by atoms with Gasteiger partial charge in [0.15, 0.2) is 6.29 Å². The molecule has 3 aromatic carbocycles. The number of pyridine rings is 1. The zero-order valence-corrected chi connectivity index (χ0v) is 16.0. The van der Waals surface area contributed by atoms with Gasteiger partial charge in [0.1, 0.15) is 0 Å². The Balaban J connectivity index is 1.56. The van der Waals surface area contributed by atoms with Gasteiger partial charge in [-0.1, -0.05) is 54.1 Å². The van der Waals surface area contributed by atoms with E-state index in [2.05, 4.69) is 46.7 Å². The summed E-state index contributed by atoms with van der Waals surface area (Å²) in [6, 6.07) is 24.2. The highest BCUT2D eigenvalue weighted by molar-refractivity contribution is 6.31. The first kappa shape index (κ1) is 18.2. The Morgan fingerprint density at radius 1 is 0.893 bits per heavy atom. The number of nitrogens with one attached hydrogen (secondary N) is 1. The number of hydrogen-bond donors (Lipinski definition) is 1. The average molecular weight is 387 g/mol. The van der Waals surface area contributed by atoms with E-state index in [0.29, 0.717) is 10.6 Å². The molecule has 0 fully saturated rings. The first-order chi connectivity index (χ1) is 13.7. The minimum Gasteiger partial charge on any atom is -0.354 e. The maximum atomic E-state index is 11.5. The van der Waals surface area contributed by atoms with Crippen molar-refractivity contribution in [2.45, 2.75) is 12.8 Å². The van der Waals surface area contributed by atoms with Crippen molar-refractivity contribution in [2.24, 2.45) is 0 Å². The van der Waals surface area contributed by atoms with Gasteiger partial charge >= 0.3 is 0 Å². The Labute approximate surface area is 169 Å². The summed E-state index contributed by atoms with van der Waals surface area (Å²) in [6.45, 7) is 0. The van der Waals surface area contributed by atoms with Crippen molar-refractivity contribution in [3.8, 4) is 0 Å². The molecule has 3 nitrogen and oxygen atoms in total. The number of halogens is 1. The van der Waals surface area contributed by atoms with Gasteiger partial charge in [0.2, 0.25) is 0 Å². The number of aryl methyl sites for hydroxylation is 2. The molecule has 0 atom stereocenters. The Morgan fingerprint density at radius 3 is 2.32 bits per heavy atom. The molecular weight excluding hydrogens is 368 g/mol. The number of rotatable bonds is 6. The molecule has 4 aromatic rings. The standard InChI is InChI=1S/C24H19ClN2O/c25-20-10-13-23-22(14-20)24(19(16-28)15-26-23)27-21-11-8-18(9-12-21)7-6-17-4-2-1-3-5-17/h1-5,8-16H,6-7H2,(H,26,27). The van der Waals surface area contributed by atoms with Gasteiger partial charge in [-0.25, -0.2) is 0 Å². The van der Waals surface area contributed by atoms with Crippen LogP contribution in [0.3, 0.4) is 0 Å². The van der Waals surface area contributed by atoms with Crippen LogP contribution >= 0.6 is 11.6 Å². The number of fused-ring (bicyclic) bond motifs is 1. The summed E-state index contributed by atoms with van der Waals surface area (Å²) < 4.78 is 0. The molecule has 1 heterocycles. The van der Waals surface area contributed by atoms with Crippen molar-refractivity contribution in [1.82, 2.24) is 4.98 Å².